The second-order valence-electron chi connectivity index (χ2n) is 2.97. The van der Waals surface area contributed by atoms with Crippen LogP contribution < -0.4 is 16.0 Å². The highest BCUT2D eigenvalue weighted by molar-refractivity contribution is 6.22. The minimum Gasteiger partial charge on any atom is -0.457 e. The van der Waals surface area contributed by atoms with Crippen LogP contribution in [0.15, 0.2) is 12.2 Å². The maximum absolute atomic E-state index is 11.3. The standard InChI is InChI=1S/C9H18ClN3O2/c1-7(5-10)8(14)15-6-9(11-2,12-3)13-4/h11-13H,1,5-6H2,2-4H3. The van der Waals surface area contributed by atoms with E-state index in [1.807, 2.05) is 0 Å². The number of carbonyl (C=O) groups excluding carboxylic acids is 1. The third-order valence-corrected chi connectivity index (χ3v) is 2.47. The van der Waals surface area contributed by atoms with Crippen LogP contribution in [-0.2, 0) is 9.53 Å². The lowest BCUT2D eigenvalue weighted by atomic mass is 10.3. The van der Waals surface area contributed by atoms with E-state index in [1.54, 1.807) is 21.1 Å². The van der Waals surface area contributed by atoms with Crippen molar-refractivity contribution < 1.29 is 9.53 Å². The Labute approximate surface area is 95.2 Å². The molecule has 5 nitrogen and oxygen atoms in total. The Morgan fingerprint density at radius 2 is 1.80 bits per heavy atom. The number of rotatable bonds is 7. The highest BCUT2D eigenvalue weighted by atomic mass is 35.5. The van der Waals surface area contributed by atoms with Gasteiger partial charge in [-0.05, 0) is 21.1 Å². The van der Waals surface area contributed by atoms with Gasteiger partial charge in [0.2, 0.25) is 0 Å². The van der Waals surface area contributed by atoms with Gasteiger partial charge < -0.3 is 4.74 Å². The van der Waals surface area contributed by atoms with Gasteiger partial charge in [-0.3, -0.25) is 16.0 Å². The van der Waals surface area contributed by atoms with Crippen LogP contribution in [0, 0.1) is 0 Å². The zero-order valence-corrected chi connectivity index (χ0v) is 10.1. The Balaban J connectivity index is 4.22. The summed E-state index contributed by atoms with van der Waals surface area (Å²) in [6.45, 7) is 3.61. The lowest BCUT2D eigenvalue weighted by Gasteiger charge is -2.32. The molecule has 0 rings (SSSR count). The number of alkyl halides is 1. The van der Waals surface area contributed by atoms with Gasteiger partial charge in [0, 0.05) is 5.57 Å². The van der Waals surface area contributed by atoms with Gasteiger partial charge in [-0.1, -0.05) is 6.58 Å². The van der Waals surface area contributed by atoms with Crippen molar-refractivity contribution in [3.05, 3.63) is 12.2 Å². The summed E-state index contributed by atoms with van der Waals surface area (Å²) >= 11 is 5.45. The van der Waals surface area contributed by atoms with Crippen molar-refractivity contribution in [3.63, 3.8) is 0 Å². The second-order valence-corrected chi connectivity index (χ2v) is 3.24. The Bertz CT molecular complexity index is 221. The first-order valence-corrected chi connectivity index (χ1v) is 5.06. The van der Waals surface area contributed by atoms with Crippen LogP contribution in [0.5, 0.6) is 0 Å². The average molecular weight is 236 g/mol. The summed E-state index contributed by atoms with van der Waals surface area (Å²) in [4.78, 5) is 11.3. The van der Waals surface area contributed by atoms with E-state index in [4.69, 9.17) is 16.3 Å². The number of hydrogen-bond donors (Lipinski definition) is 3. The van der Waals surface area contributed by atoms with E-state index in [9.17, 15) is 4.79 Å². The topological polar surface area (TPSA) is 62.4 Å². The minimum absolute atomic E-state index is 0.0739. The fourth-order valence-electron chi connectivity index (χ4n) is 0.922. The zero-order valence-electron chi connectivity index (χ0n) is 9.32. The summed E-state index contributed by atoms with van der Waals surface area (Å²) in [6, 6.07) is 0. The number of halogens is 1. The van der Waals surface area contributed by atoms with E-state index >= 15 is 0 Å². The molecule has 0 unspecified atom stereocenters. The molecule has 88 valence electrons. The zero-order chi connectivity index (χ0) is 11.9. The molecule has 0 aliphatic heterocycles. The molecular formula is C9H18ClN3O2. The SMILES string of the molecule is C=C(CCl)C(=O)OCC(NC)(NC)NC. The van der Waals surface area contributed by atoms with Gasteiger partial charge in [0.15, 0.2) is 5.79 Å². The molecule has 0 aliphatic carbocycles. The summed E-state index contributed by atoms with van der Waals surface area (Å²) < 4.78 is 5.02. The molecule has 0 heterocycles. The van der Waals surface area contributed by atoms with Crippen LogP contribution in [0.2, 0.25) is 0 Å². The van der Waals surface area contributed by atoms with Crippen molar-refractivity contribution in [2.24, 2.45) is 0 Å². The van der Waals surface area contributed by atoms with Crippen LogP contribution in [0.3, 0.4) is 0 Å². The van der Waals surface area contributed by atoms with Crippen molar-refractivity contribution in [1.29, 1.82) is 0 Å². The van der Waals surface area contributed by atoms with Crippen molar-refractivity contribution in [1.82, 2.24) is 16.0 Å². The summed E-state index contributed by atoms with van der Waals surface area (Å²) in [5, 5.41) is 8.90. The minimum atomic E-state index is -0.637. The van der Waals surface area contributed by atoms with E-state index in [0.717, 1.165) is 0 Å². The number of nitrogens with one attached hydrogen (secondary N) is 3. The highest BCUT2D eigenvalue weighted by Gasteiger charge is 2.25. The second kappa shape index (κ2) is 6.79. The molecule has 0 aromatic heterocycles. The van der Waals surface area contributed by atoms with Gasteiger partial charge in [0.1, 0.15) is 6.61 Å². The Morgan fingerprint density at radius 3 is 2.13 bits per heavy atom. The lowest BCUT2D eigenvalue weighted by molar-refractivity contribution is -0.142. The quantitative estimate of drug-likeness (QED) is 0.243. The van der Waals surface area contributed by atoms with Crippen molar-refractivity contribution in [3.8, 4) is 0 Å². The average Bonchev–Trinajstić information content (AvgIpc) is 2.30. The number of hydrogen-bond acceptors (Lipinski definition) is 5. The summed E-state index contributed by atoms with van der Waals surface area (Å²) in [6.07, 6.45) is 0. The largest absolute Gasteiger partial charge is 0.457 e. The van der Waals surface area contributed by atoms with E-state index in [0.29, 0.717) is 0 Å². The Hall–Kier alpha value is -0.620. The smallest absolute Gasteiger partial charge is 0.334 e. The summed E-state index contributed by atoms with van der Waals surface area (Å²) in [5.74, 6) is -1.05. The van der Waals surface area contributed by atoms with Gasteiger partial charge in [0.05, 0.1) is 5.88 Å². The molecule has 3 N–H and O–H groups in total. The van der Waals surface area contributed by atoms with Crippen molar-refractivity contribution >= 4 is 17.6 Å². The highest BCUT2D eigenvalue weighted by Crippen LogP contribution is 2.01. The molecular weight excluding hydrogens is 218 g/mol. The number of ether oxygens (including phenoxy) is 1. The molecule has 0 saturated carbocycles. The van der Waals surface area contributed by atoms with Gasteiger partial charge in [-0.25, -0.2) is 4.79 Å². The maximum Gasteiger partial charge on any atom is 0.334 e. The van der Waals surface area contributed by atoms with Crippen LogP contribution in [0.1, 0.15) is 0 Å². The molecule has 0 amide bonds. The van der Waals surface area contributed by atoms with E-state index in [1.165, 1.54) is 0 Å². The molecule has 0 aromatic rings. The van der Waals surface area contributed by atoms with Crippen LogP contribution >= 0.6 is 11.6 Å². The van der Waals surface area contributed by atoms with Gasteiger partial charge in [-0.15, -0.1) is 11.6 Å². The fourth-order valence-corrected chi connectivity index (χ4v) is 1.03. The molecule has 15 heavy (non-hydrogen) atoms. The monoisotopic (exact) mass is 235 g/mol. The third-order valence-electron chi connectivity index (χ3n) is 2.15. The molecule has 0 aliphatic rings. The molecule has 0 saturated heterocycles. The predicted octanol–water partition coefficient (Wildman–Crippen LogP) is -0.363. The van der Waals surface area contributed by atoms with Gasteiger partial charge >= 0.3 is 5.97 Å². The Kier molecular flexibility index (Phi) is 6.51. The number of esters is 1. The molecule has 0 fully saturated rings. The van der Waals surface area contributed by atoms with E-state index in [-0.39, 0.29) is 18.1 Å². The molecule has 0 bridgehead atoms. The number of likely N-dealkylation sites (N-methyl/N-ethyl adjacent to an activating group) is 3. The van der Waals surface area contributed by atoms with Crippen LogP contribution in [-0.4, -0.2) is 45.4 Å². The van der Waals surface area contributed by atoms with Gasteiger partial charge in [0.25, 0.3) is 0 Å². The van der Waals surface area contributed by atoms with Crippen molar-refractivity contribution in [2.75, 3.05) is 33.6 Å². The van der Waals surface area contributed by atoms with E-state index in [2.05, 4.69) is 22.5 Å². The molecule has 0 atom stereocenters. The van der Waals surface area contributed by atoms with Gasteiger partial charge in [-0.2, -0.15) is 0 Å². The number of carbonyl (C=O) groups is 1. The fraction of sp³-hybridized carbons (Fsp3) is 0.667. The first-order valence-electron chi connectivity index (χ1n) is 4.52. The molecule has 0 aromatic carbocycles. The van der Waals surface area contributed by atoms with Crippen LogP contribution in [0.4, 0.5) is 0 Å². The maximum atomic E-state index is 11.3. The molecule has 0 spiro atoms. The first kappa shape index (κ1) is 14.4. The molecule has 6 heteroatoms. The first-order chi connectivity index (χ1) is 7.05. The summed E-state index contributed by atoms with van der Waals surface area (Å²) in [7, 11) is 5.24. The lowest BCUT2D eigenvalue weighted by Crippen LogP contribution is -2.66. The van der Waals surface area contributed by atoms with E-state index < -0.39 is 11.8 Å². The molecule has 0 radical (unpaired) electrons. The Morgan fingerprint density at radius 1 is 1.33 bits per heavy atom. The normalized spacial score (nSPS) is 11.2. The summed E-state index contributed by atoms with van der Waals surface area (Å²) in [5.41, 5.74) is 0.244. The third kappa shape index (κ3) is 4.17. The predicted molar refractivity (Wildman–Crippen MR) is 60.7 cm³/mol. The van der Waals surface area contributed by atoms with Crippen LogP contribution in [0.25, 0.3) is 0 Å². The van der Waals surface area contributed by atoms with Crippen molar-refractivity contribution in [2.45, 2.75) is 5.79 Å².